The highest BCUT2D eigenvalue weighted by Crippen LogP contribution is 2.23. The van der Waals surface area contributed by atoms with Gasteiger partial charge in [0.2, 0.25) is 0 Å². The molecule has 7 nitrogen and oxygen atoms in total. The van der Waals surface area contributed by atoms with Crippen LogP contribution < -0.4 is 21.8 Å². The van der Waals surface area contributed by atoms with E-state index in [1.807, 2.05) is 35.7 Å². The first-order valence-corrected chi connectivity index (χ1v) is 10.5. The van der Waals surface area contributed by atoms with Gasteiger partial charge in [-0.3, -0.25) is 14.2 Å². The lowest BCUT2D eigenvalue weighted by Gasteiger charge is -2.19. The van der Waals surface area contributed by atoms with Crippen molar-refractivity contribution in [2.24, 2.45) is 0 Å². The van der Waals surface area contributed by atoms with Gasteiger partial charge in [-0.1, -0.05) is 24.3 Å². The van der Waals surface area contributed by atoms with E-state index in [9.17, 15) is 14.4 Å². The number of para-hydroxylation sites is 1. The zero-order valence-corrected chi connectivity index (χ0v) is 18.1. The normalized spacial score (nSPS) is 13.1. The maximum atomic E-state index is 12.7. The summed E-state index contributed by atoms with van der Waals surface area (Å²) in [7, 11) is 0. The Bertz CT molecular complexity index is 1500. The van der Waals surface area contributed by atoms with E-state index in [0.717, 1.165) is 10.3 Å². The van der Waals surface area contributed by atoms with Crippen molar-refractivity contribution in [2.75, 3.05) is 0 Å². The number of hydrogen-bond acceptors (Lipinski definition) is 5. The Kier molecular flexibility index (Phi) is 5.24. The molecule has 31 heavy (non-hydrogen) atoms. The molecule has 1 aromatic carbocycles. The van der Waals surface area contributed by atoms with Crippen molar-refractivity contribution in [3.05, 3.63) is 89.8 Å². The highest BCUT2D eigenvalue weighted by atomic mass is 32.1. The van der Waals surface area contributed by atoms with Crippen molar-refractivity contribution in [3.8, 4) is 0 Å². The summed E-state index contributed by atoms with van der Waals surface area (Å²) in [4.78, 5) is 43.9. The largest absolute Gasteiger partial charge is 0.443 e. The zero-order valence-electron chi connectivity index (χ0n) is 17.3. The molecule has 0 saturated heterocycles. The fourth-order valence-electron chi connectivity index (χ4n) is 3.15. The third-order valence-corrected chi connectivity index (χ3v) is 5.27. The molecule has 4 aromatic rings. The second-order valence-electron chi connectivity index (χ2n) is 7.99. The van der Waals surface area contributed by atoms with Crippen molar-refractivity contribution >= 4 is 40.5 Å². The van der Waals surface area contributed by atoms with E-state index in [-0.39, 0.29) is 10.7 Å². The van der Waals surface area contributed by atoms with Crippen LogP contribution in [0.1, 0.15) is 31.2 Å². The lowest BCUT2D eigenvalue weighted by atomic mass is 10.1. The first-order chi connectivity index (χ1) is 14.7. The van der Waals surface area contributed by atoms with E-state index in [0.29, 0.717) is 11.1 Å². The molecule has 2 N–H and O–H groups in total. The van der Waals surface area contributed by atoms with Gasteiger partial charge in [-0.05, 0) is 50.4 Å². The Morgan fingerprint density at radius 1 is 1.00 bits per heavy atom. The number of carbonyl (C=O) groups is 1. The molecule has 3 heterocycles. The molecule has 158 valence electrons. The van der Waals surface area contributed by atoms with Gasteiger partial charge in [-0.25, -0.2) is 4.79 Å². The van der Waals surface area contributed by atoms with Crippen LogP contribution >= 0.6 is 11.3 Å². The van der Waals surface area contributed by atoms with Gasteiger partial charge in [-0.15, -0.1) is 11.3 Å². The monoisotopic (exact) mass is 435 g/mol. The number of nitrogens with zero attached hydrogens (tertiary/aromatic N) is 1. The van der Waals surface area contributed by atoms with Crippen LogP contribution in [0.3, 0.4) is 0 Å². The van der Waals surface area contributed by atoms with Crippen molar-refractivity contribution < 1.29 is 9.53 Å². The molecule has 0 bridgehead atoms. The van der Waals surface area contributed by atoms with Gasteiger partial charge < -0.3 is 14.7 Å². The first kappa shape index (κ1) is 20.6. The fourth-order valence-corrected chi connectivity index (χ4v) is 3.81. The Morgan fingerprint density at radius 3 is 2.32 bits per heavy atom. The molecule has 0 aliphatic carbocycles. The third-order valence-electron chi connectivity index (χ3n) is 4.45. The van der Waals surface area contributed by atoms with Gasteiger partial charge in [0.05, 0.1) is 5.52 Å². The van der Waals surface area contributed by atoms with Gasteiger partial charge in [0.1, 0.15) is 16.3 Å². The van der Waals surface area contributed by atoms with Crippen LogP contribution in [0, 0.1) is 0 Å². The number of nitrogens with one attached hydrogen (secondary N) is 2. The van der Waals surface area contributed by atoms with Crippen LogP contribution in [0.2, 0.25) is 0 Å². The smallest absolute Gasteiger partial charge is 0.419 e. The predicted molar refractivity (Wildman–Crippen MR) is 122 cm³/mol. The highest BCUT2D eigenvalue weighted by molar-refractivity contribution is 7.10. The Balaban J connectivity index is 1.85. The molecule has 0 saturated carbocycles. The Hall–Kier alpha value is -3.65. The van der Waals surface area contributed by atoms with Crippen molar-refractivity contribution in [3.63, 3.8) is 0 Å². The third kappa shape index (κ3) is 4.44. The van der Waals surface area contributed by atoms with E-state index in [2.05, 4.69) is 9.97 Å². The topological polar surface area (TPSA) is 96.9 Å². The molecule has 0 atom stereocenters. The number of ether oxygens (including phenoxy) is 1. The molecule has 0 aliphatic heterocycles. The van der Waals surface area contributed by atoms with Gasteiger partial charge >= 0.3 is 6.09 Å². The fraction of sp³-hybridized carbons (Fsp3) is 0.174. The summed E-state index contributed by atoms with van der Waals surface area (Å²) in [6.45, 7) is 5.38. The summed E-state index contributed by atoms with van der Waals surface area (Å²) in [6, 6.07) is 11.0. The molecular weight excluding hydrogens is 414 g/mol. The molecule has 8 heteroatoms. The van der Waals surface area contributed by atoms with Gasteiger partial charge in [0, 0.05) is 22.0 Å². The number of aromatic amines is 2. The number of hydrogen-bond donors (Lipinski definition) is 2. The van der Waals surface area contributed by atoms with Gasteiger partial charge in [0.15, 0.2) is 0 Å². The Morgan fingerprint density at radius 2 is 1.68 bits per heavy atom. The summed E-state index contributed by atoms with van der Waals surface area (Å²) in [5.41, 5.74) is -0.238. The summed E-state index contributed by atoms with van der Waals surface area (Å²) in [6.07, 6.45) is 4.26. The summed E-state index contributed by atoms with van der Waals surface area (Å²) in [5, 5.41) is 2.92. The molecule has 3 aromatic heterocycles. The number of rotatable bonds is 2. The molecule has 0 radical (unpaired) electrons. The second-order valence-corrected chi connectivity index (χ2v) is 8.97. The average Bonchev–Trinajstić information content (AvgIpc) is 3.33. The zero-order chi connectivity index (χ0) is 22.2. The van der Waals surface area contributed by atoms with Crippen LogP contribution in [0.25, 0.3) is 23.1 Å². The number of carbonyl (C=O) groups excluding carboxylic acids is 1. The molecule has 4 rings (SSSR count). The van der Waals surface area contributed by atoms with Gasteiger partial charge in [0.25, 0.3) is 11.1 Å². The molecule has 0 spiro atoms. The predicted octanol–water partition coefficient (Wildman–Crippen LogP) is 2.52. The van der Waals surface area contributed by atoms with Crippen molar-refractivity contribution in [1.82, 2.24) is 14.5 Å². The summed E-state index contributed by atoms with van der Waals surface area (Å²) >= 11 is 1.46. The molecule has 0 amide bonds. The molecule has 0 unspecified atom stereocenters. The summed E-state index contributed by atoms with van der Waals surface area (Å²) in [5.74, 6) is 0. The van der Waals surface area contributed by atoms with E-state index >= 15 is 0 Å². The molecular formula is C23H21N3O4S. The first-order valence-electron chi connectivity index (χ1n) is 9.64. The minimum atomic E-state index is -0.649. The minimum Gasteiger partial charge on any atom is -0.443 e. The van der Waals surface area contributed by atoms with Gasteiger partial charge in [-0.2, -0.15) is 0 Å². The van der Waals surface area contributed by atoms with Crippen LogP contribution in [-0.2, 0) is 4.74 Å². The van der Waals surface area contributed by atoms with E-state index in [1.165, 1.54) is 15.9 Å². The number of aromatic nitrogens is 3. The SMILES string of the molecule is CC(C)(C)OC(=O)n1cc(/C=c2\[nH]c(=O)/c(=C/c3cccs3)[nH]c2=O)c2ccccc21. The standard InChI is InChI=1S/C23H21N3O4S/c1-23(2,3)30-22(29)26-13-14(16-8-4-5-9-19(16)26)11-17-20(27)25-18(21(28)24-17)12-15-7-6-10-31-15/h4-13H,1-3H3,(H,24,28)(H,25,27)/b17-11-,18-12-. The number of benzene rings is 1. The van der Waals surface area contributed by atoms with Crippen LogP contribution in [0.5, 0.6) is 0 Å². The maximum absolute atomic E-state index is 12.7. The van der Waals surface area contributed by atoms with Crippen LogP contribution in [-0.4, -0.2) is 26.2 Å². The van der Waals surface area contributed by atoms with Crippen LogP contribution in [0.15, 0.2) is 57.6 Å². The lowest BCUT2D eigenvalue weighted by molar-refractivity contribution is 0.0544. The van der Waals surface area contributed by atoms with Crippen molar-refractivity contribution in [1.29, 1.82) is 0 Å². The maximum Gasteiger partial charge on any atom is 0.419 e. The lowest BCUT2D eigenvalue weighted by Crippen LogP contribution is -2.46. The Labute approximate surface area is 180 Å². The molecule has 0 fully saturated rings. The quantitative estimate of drug-likeness (QED) is 0.506. The van der Waals surface area contributed by atoms with E-state index in [4.69, 9.17) is 4.74 Å². The number of H-pyrrole nitrogens is 2. The van der Waals surface area contributed by atoms with Crippen molar-refractivity contribution in [2.45, 2.75) is 26.4 Å². The highest BCUT2D eigenvalue weighted by Gasteiger charge is 2.20. The second kappa shape index (κ2) is 7.88. The van der Waals surface area contributed by atoms with Crippen LogP contribution in [0.4, 0.5) is 4.79 Å². The average molecular weight is 436 g/mol. The number of thiophene rings is 1. The summed E-state index contributed by atoms with van der Waals surface area (Å²) < 4.78 is 6.89. The van der Waals surface area contributed by atoms with E-state index < -0.39 is 22.8 Å². The number of fused-ring (bicyclic) bond motifs is 1. The van der Waals surface area contributed by atoms with E-state index in [1.54, 1.807) is 45.2 Å². The molecule has 0 aliphatic rings. The minimum absolute atomic E-state index is 0.0976.